The van der Waals surface area contributed by atoms with Gasteiger partial charge in [-0.2, -0.15) is 0 Å². The predicted octanol–water partition coefficient (Wildman–Crippen LogP) is 2.34. The molecule has 0 bridgehead atoms. The highest BCUT2D eigenvalue weighted by Gasteiger charge is 2.35. The van der Waals surface area contributed by atoms with Crippen LogP contribution in [0.1, 0.15) is 29.0 Å². The highest BCUT2D eigenvalue weighted by molar-refractivity contribution is 5.95. The highest BCUT2D eigenvalue weighted by Crippen LogP contribution is 2.20. The standard InChI is InChI=1S/C17H17FN2O3/c18-13-5-1-4-12(10-13)11-19-16(21)14-6-2-8-20(14)17(22)15-7-3-9-23-15/h1,3-5,7,9-10,14H,2,6,8,11H2,(H,19,21). The van der Waals surface area contributed by atoms with Gasteiger partial charge in [0.2, 0.25) is 5.91 Å². The minimum absolute atomic E-state index is 0.230. The summed E-state index contributed by atoms with van der Waals surface area (Å²) in [6.07, 6.45) is 2.81. The van der Waals surface area contributed by atoms with Crippen LogP contribution in [0.5, 0.6) is 0 Å². The van der Waals surface area contributed by atoms with Gasteiger partial charge in [-0.3, -0.25) is 9.59 Å². The first kappa shape index (κ1) is 15.3. The second-order valence-electron chi connectivity index (χ2n) is 5.48. The molecule has 0 saturated carbocycles. The quantitative estimate of drug-likeness (QED) is 0.942. The van der Waals surface area contributed by atoms with Crippen LogP contribution in [-0.4, -0.2) is 29.3 Å². The normalized spacial score (nSPS) is 17.3. The van der Waals surface area contributed by atoms with Crippen molar-refractivity contribution in [2.24, 2.45) is 0 Å². The number of hydrogen-bond acceptors (Lipinski definition) is 3. The van der Waals surface area contributed by atoms with E-state index in [4.69, 9.17) is 4.42 Å². The summed E-state index contributed by atoms with van der Waals surface area (Å²) in [4.78, 5) is 26.2. The van der Waals surface area contributed by atoms with Crippen LogP contribution < -0.4 is 5.32 Å². The lowest BCUT2D eigenvalue weighted by Gasteiger charge is -2.23. The van der Waals surface area contributed by atoms with Crippen molar-refractivity contribution in [3.8, 4) is 0 Å². The molecule has 5 nitrogen and oxygen atoms in total. The molecule has 0 aliphatic carbocycles. The van der Waals surface area contributed by atoms with Gasteiger partial charge in [-0.15, -0.1) is 0 Å². The smallest absolute Gasteiger partial charge is 0.290 e. The van der Waals surface area contributed by atoms with Crippen LogP contribution in [0.25, 0.3) is 0 Å². The van der Waals surface area contributed by atoms with Crippen LogP contribution >= 0.6 is 0 Å². The second kappa shape index (κ2) is 6.64. The van der Waals surface area contributed by atoms with E-state index < -0.39 is 6.04 Å². The highest BCUT2D eigenvalue weighted by atomic mass is 19.1. The molecule has 1 N–H and O–H groups in total. The Morgan fingerprint density at radius 2 is 2.17 bits per heavy atom. The maximum atomic E-state index is 13.1. The molecule has 2 aromatic rings. The van der Waals surface area contributed by atoms with Gasteiger partial charge < -0.3 is 14.6 Å². The molecular weight excluding hydrogens is 299 g/mol. The Morgan fingerprint density at radius 3 is 2.91 bits per heavy atom. The zero-order valence-electron chi connectivity index (χ0n) is 12.5. The number of benzene rings is 1. The Kier molecular flexibility index (Phi) is 4.41. The Morgan fingerprint density at radius 1 is 1.30 bits per heavy atom. The van der Waals surface area contributed by atoms with Crippen LogP contribution in [0, 0.1) is 5.82 Å². The van der Waals surface area contributed by atoms with E-state index in [1.165, 1.54) is 23.3 Å². The molecule has 120 valence electrons. The van der Waals surface area contributed by atoms with Gasteiger partial charge >= 0.3 is 0 Å². The van der Waals surface area contributed by atoms with Gasteiger partial charge in [0.15, 0.2) is 5.76 Å². The summed E-state index contributed by atoms with van der Waals surface area (Å²) >= 11 is 0. The van der Waals surface area contributed by atoms with Gasteiger partial charge in [0.25, 0.3) is 5.91 Å². The number of nitrogens with one attached hydrogen (secondary N) is 1. The first-order valence-corrected chi connectivity index (χ1v) is 7.52. The fraction of sp³-hybridized carbons (Fsp3) is 0.294. The third-order valence-electron chi connectivity index (χ3n) is 3.90. The SMILES string of the molecule is O=C(NCc1cccc(F)c1)C1CCCN1C(=O)c1ccco1. The van der Waals surface area contributed by atoms with E-state index in [2.05, 4.69) is 5.32 Å². The van der Waals surface area contributed by atoms with Crippen molar-refractivity contribution in [3.63, 3.8) is 0 Å². The largest absolute Gasteiger partial charge is 0.459 e. The summed E-state index contributed by atoms with van der Waals surface area (Å²) in [5, 5.41) is 2.77. The van der Waals surface area contributed by atoms with Gasteiger partial charge in [0.1, 0.15) is 11.9 Å². The number of halogens is 1. The maximum Gasteiger partial charge on any atom is 0.290 e. The van der Waals surface area contributed by atoms with Crippen LogP contribution in [0.3, 0.4) is 0 Å². The average Bonchev–Trinajstić information content (AvgIpc) is 3.23. The molecular formula is C17H17FN2O3. The molecule has 1 fully saturated rings. The zero-order chi connectivity index (χ0) is 16.2. The average molecular weight is 316 g/mol. The lowest BCUT2D eigenvalue weighted by molar-refractivity contribution is -0.125. The molecule has 23 heavy (non-hydrogen) atoms. The van der Waals surface area contributed by atoms with Gasteiger partial charge in [-0.05, 0) is 42.7 Å². The van der Waals surface area contributed by atoms with E-state index in [1.54, 1.807) is 24.3 Å². The fourth-order valence-electron chi connectivity index (χ4n) is 2.78. The summed E-state index contributed by atoms with van der Waals surface area (Å²) < 4.78 is 18.3. The summed E-state index contributed by atoms with van der Waals surface area (Å²) in [6.45, 7) is 0.757. The van der Waals surface area contributed by atoms with Crippen LogP contribution in [0.15, 0.2) is 47.1 Å². The third kappa shape index (κ3) is 3.41. The molecule has 1 aromatic carbocycles. The molecule has 0 radical (unpaired) electrons. The zero-order valence-corrected chi connectivity index (χ0v) is 12.5. The molecule has 0 spiro atoms. The topological polar surface area (TPSA) is 62.6 Å². The van der Waals surface area contributed by atoms with Gasteiger partial charge in [-0.1, -0.05) is 12.1 Å². The molecule has 1 atom stereocenters. The number of amides is 2. The number of carbonyl (C=O) groups is 2. The summed E-state index contributed by atoms with van der Waals surface area (Å²) in [5.41, 5.74) is 0.681. The van der Waals surface area contributed by atoms with Crippen molar-refractivity contribution in [1.82, 2.24) is 10.2 Å². The van der Waals surface area contributed by atoms with Crippen molar-refractivity contribution in [1.29, 1.82) is 0 Å². The Hall–Kier alpha value is -2.63. The van der Waals surface area contributed by atoms with E-state index in [1.807, 2.05) is 0 Å². The summed E-state index contributed by atoms with van der Waals surface area (Å²) in [7, 11) is 0. The third-order valence-corrected chi connectivity index (χ3v) is 3.90. The fourth-order valence-corrected chi connectivity index (χ4v) is 2.78. The molecule has 2 amide bonds. The van der Waals surface area contributed by atoms with Gasteiger partial charge in [-0.25, -0.2) is 4.39 Å². The lowest BCUT2D eigenvalue weighted by atomic mass is 10.1. The van der Waals surface area contributed by atoms with Crippen molar-refractivity contribution < 1.29 is 18.4 Å². The van der Waals surface area contributed by atoms with Crippen molar-refractivity contribution in [2.45, 2.75) is 25.4 Å². The number of furan rings is 1. The lowest BCUT2D eigenvalue weighted by Crippen LogP contribution is -2.45. The molecule has 6 heteroatoms. The predicted molar refractivity (Wildman–Crippen MR) is 81.0 cm³/mol. The number of likely N-dealkylation sites (tertiary alicyclic amines) is 1. The minimum atomic E-state index is -0.513. The van der Waals surface area contributed by atoms with Gasteiger partial charge in [0.05, 0.1) is 6.26 Å². The molecule has 2 heterocycles. The number of rotatable bonds is 4. The maximum absolute atomic E-state index is 13.1. The van der Waals surface area contributed by atoms with Crippen molar-refractivity contribution >= 4 is 11.8 Å². The van der Waals surface area contributed by atoms with Crippen LogP contribution in [0.2, 0.25) is 0 Å². The Labute approximate surface area is 133 Å². The summed E-state index contributed by atoms with van der Waals surface area (Å²) in [5.74, 6) is -0.618. The number of carbonyl (C=O) groups excluding carboxylic acids is 2. The van der Waals surface area contributed by atoms with Crippen molar-refractivity contribution in [3.05, 3.63) is 59.8 Å². The summed E-state index contributed by atoms with van der Waals surface area (Å²) in [6, 6.07) is 8.78. The van der Waals surface area contributed by atoms with E-state index in [9.17, 15) is 14.0 Å². The van der Waals surface area contributed by atoms with Crippen LogP contribution in [0.4, 0.5) is 4.39 Å². The Balaban J connectivity index is 1.63. The monoisotopic (exact) mass is 316 g/mol. The molecule has 1 saturated heterocycles. The van der Waals surface area contributed by atoms with E-state index >= 15 is 0 Å². The molecule has 3 rings (SSSR count). The minimum Gasteiger partial charge on any atom is -0.459 e. The molecule has 1 aliphatic rings. The van der Waals surface area contributed by atoms with Crippen molar-refractivity contribution in [2.75, 3.05) is 6.54 Å². The van der Waals surface area contributed by atoms with E-state index in [0.717, 1.165) is 6.42 Å². The number of hydrogen-bond donors (Lipinski definition) is 1. The van der Waals surface area contributed by atoms with Crippen LogP contribution in [-0.2, 0) is 11.3 Å². The van der Waals surface area contributed by atoms with Gasteiger partial charge in [0, 0.05) is 13.1 Å². The number of nitrogens with zero attached hydrogens (tertiary/aromatic N) is 1. The van der Waals surface area contributed by atoms with E-state index in [0.29, 0.717) is 18.5 Å². The second-order valence-corrected chi connectivity index (χ2v) is 5.48. The first-order valence-electron chi connectivity index (χ1n) is 7.52. The Bertz CT molecular complexity index is 700. The molecule has 1 aliphatic heterocycles. The van der Waals surface area contributed by atoms with E-state index in [-0.39, 0.29) is 29.9 Å². The first-order chi connectivity index (χ1) is 11.1. The molecule has 1 unspecified atom stereocenters. The molecule has 1 aromatic heterocycles.